The SMILES string of the molecule is COc1ccccc1OC(Cl)Cl. The van der Waals surface area contributed by atoms with Crippen molar-refractivity contribution in [3.8, 4) is 11.5 Å². The molecule has 0 unspecified atom stereocenters. The second-order valence-electron chi connectivity index (χ2n) is 2.03. The van der Waals surface area contributed by atoms with Crippen molar-refractivity contribution in [3.05, 3.63) is 24.3 Å². The number of para-hydroxylation sites is 2. The third-order valence-corrected chi connectivity index (χ3v) is 1.46. The molecule has 0 amide bonds. The van der Waals surface area contributed by atoms with Crippen LogP contribution in [0, 0.1) is 0 Å². The molecule has 0 radical (unpaired) electrons. The molecule has 0 aliphatic carbocycles. The zero-order valence-corrected chi connectivity index (χ0v) is 7.97. The maximum atomic E-state index is 5.43. The highest BCUT2D eigenvalue weighted by molar-refractivity contribution is 6.43. The molecule has 0 saturated heterocycles. The topological polar surface area (TPSA) is 18.5 Å². The summed E-state index contributed by atoms with van der Waals surface area (Å²) >= 11 is 10.9. The third kappa shape index (κ3) is 2.47. The van der Waals surface area contributed by atoms with E-state index in [1.807, 2.05) is 12.1 Å². The normalized spacial score (nSPS) is 10.0. The number of hydrogen-bond donors (Lipinski definition) is 0. The first-order valence-corrected chi connectivity index (χ1v) is 4.19. The average Bonchev–Trinajstić information content (AvgIpc) is 2.04. The molecule has 1 aromatic rings. The second kappa shape index (κ2) is 4.43. The van der Waals surface area contributed by atoms with Gasteiger partial charge in [0.1, 0.15) is 0 Å². The first-order valence-electron chi connectivity index (χ1n) is 3.32. The largest absolute Gasteiger partial charge is 0.493 e. The van der Waals surface area contributed by atoms with E-state index in [0.29, 0.717) is 11.5 Å². The van der Waals surface area contributed by atoms with Crippen molar-refractivity contribution >= 4 is 23.2 Å². The van der Waals surface area contributed by atoms with E-state index in [1.54, 1.807) is 19.2 Å². The fraction of sp³-hybridized carbons (Fsp3) is 0.250. The van der Waals surface area contributed by atoms with E-state index >= 15 is 0 Å². The van der Waals surface area contributed by atoms with E-state index in [4.69, 9.17) is 32.7 Å². The van der Waals surface area contributed by atoms with Crippen molar-refractivity contribution < 1.29 is 9.47 Å². The second-order valence-corrected chi connectivity index (χ2v) is 3.05. The number of alkyl halides is 2. The summed E-state index contributed by atoms with van der Waals surface area (Å²) in [6, 6.07) is 7.15. The van der Waals surface area contributed by atoms with E-state index in [9.17, 15) is 0 Å². The minimum Gasteiger partial charge on any atom is -0.493 e. The fourth-order valence-corrected chi connectivity index (χ4v) is 1.00. The van der Waals surface area contributed by atoms with Crippen LogP contribution < -0.4 is 9.47 Å². The molecule has 0 fully saturated rings. The maximum Gasteiger partial charge on any atom is 0.248 e. The van der Waals surface area contributed by atoms with Crippen LogP contribution in [0.3, 0.4) is 0 Å². The monoisotopic (exact) mass is 206 g/mol. The number of methoxy groups -OCH3 is 1. The Morgan fingerprint density at radius 2 is 1.75 bits per heavy atom. The molecule has 0 N–H and O–H groups in total. The Morgan fingerprint density at radius 1 is 1.17 bits per heavy atom. The Morgan fingerprint density at radius 3 is 2.25 bits per heavy atom. The van der Waals surface area contributed by atoms with Gasteiger partial charge in [0.05, 0.1) is 7.11 Å². The van der Waals surface area contributed by atoms with Gasteiger partial charge in [-0.25, -0.2) is 0 Å². The highest BCUT2D eigenvalue weighted by Crippen LogP contribution is 2.27. The first-order chi connectivity index (χ1) is 5.74. The Bertz CT molecular complexity index is 251. The Kier molecular flexibility index (Phi) is 3.50. The van der Waals surface area contributed by atoms with Gasteiger partial charge in [-0.2, -0.15) is 0 Å². The van der Waals surface area contributed by atoms with Crippen LogP contribution in [-0.4, -0.2) is 12.1 Å². The van der Waals surface area contributed by atoms with Crippen LogP contribution in [0.5, 0.6) is 11.5 Å². The fourth-order valence-electron chi connectivity index (χ4n) is 0.812. The lowest BCUT2D eigenvalue weighted by Gasteiger charge is -2.09. The quantitative estimate of drug-likeness (QED) is 0.709. The lowest BCUT2D eigenvalue weighted by atomic mass is 10.3. The molecule has 1 rings (SSSR count). The van der Waals surface area contributed by atoms with Crippen LogP contribution in [0.1, 0.15) is 0 Å². The van der Waals surface area contributed by atoms with Crippen molar-refractivity contribution in [1.29, 1.82) is 0 Å². The highest BCUT2D eigenvalue weighted by atomic mass is 35.5. The summed E-state index contributed by atoms with van der Waals surface area (Å²) in [5.74, 6) is 1.15. The van der Waals surface area contributed by atoms with Gasteiger partial charge in [0.2, 0.25) is 5.02 Å². The zero-order valence-electron chi connectivity index (χ0n) is 6.46. The van der Waals surface area contributed by atoms with Crippen LogP contribution in [0.2, 0.25) is 0 Å². The zero-order chi connectivity index (χ0) is 8.97. The molecule has 0 atom stereocenters. The van der Waals surface area contributed by atoms with Crippen molar-refractivity contribution in [3.63, 3.8) is 0 Å². The van der Waals surface area contributed by atoms with Gasteiger partial charge in [0, 0.05) is 0 Å². The number of ether oxygens (including phenoxy) is 2. The molecule has 1 aromatic carbocycles. The summed E-state index contributed by atoms with van der Waals surface area (Å²) in [4.78, 5) is 0. The van der Waals surface area contributed by atoms with E-state index < -0.39 is 5.02 Å². The third-order valence-electron chi connectivity index (χ3n) is 1.29. The molecule has 0 heterocycles. The molecule has 0 saturated carbocycles. The van der Waals surface area contributed by atoms with Crippen molar-refractivity contribution in [2.24, 2.45) is 0 Å². The maximum absolute atomic E-state index is 5.43. The molecule has 4 heteroatoms. The number of benzene rings is 1. The van der Waals surface area contributed by atoms with Gasteiger partial charge in [0.15, 0.2) is 11.5 Å². The van der Waals surface area contributed by atoms with Gasteiger partial charge in [0.25, 0.3) is 0 Å². The van der Waals surface area contributed by atoms with Crippen molar-refractivity contribution in [2.45, 2.75) is 5.02 Å². The van der Waals surface area contributed by atoms with Gasteiger partial charge in [-0.3, -0.25) is 0 Å². The molecule has 0 bridgehead atoms. The minimum atomic E-state index is -0.874. The average molecular weight is 207 g/mol. The molecule has 0 spiro atoms. The van der Waals surface area contributed by atoms with Gasteiger partial charge in [-0.15, -0.1) is 0 Å². The molecule has 0 aromatic heterocycles. The van der Waals surface area contributed by atoms with Crippen molar-refractivity contribution in [1.82, 2.24) is 0 Å². The number of rotatable bonds is 3. The van der Waals surface area contributed by atoms with Crippen LogP contribution >= 0.6 is 23.2 Å². The van der Waals surface area contributed by atoms with Crippen LogP contribution in [-0.2, 0) is 0 Å². The van der Waals surface area contributed by atoms with E-state index in [-0.39, 0.29) is 0 Å². The first kappa shape index (κ1) is 9.49. The van der Waals surface area contributed by atoms with E-state index in [2.05, 4.69) is 0 Å². The number of hydrogen-bond acceptors (Lipinski definition) is 2. The molecular weight excluding hydrogens is 199 g/mol. The summed E-state index contributed by atoms with van der Waals surface area (Å²) in [7, 11) is 1.56. The van der Waals surface area contributed by atoms with Gasteiger partial charge in [-0.1, -0.05) is 35.3 Å². The Hall–Kier alpha value is -0.600. The van der Waals surface area contributed by atoms with Crippen molar-refractivity contribution in [2.75, 3.05) is 7.11 Å². The molecular formula is C8H8Cl2O2. The van der Waals surface area contributed by atoms with E-state index in [1.165, 1.54) is 0 Å². The van der Waals surface area contributed by atoms with Crippen LogP contribution in [0.25, 0.3) is 0 Å². The van der Waals surface area contributed by atoms with E-state index in [0.717, 1.165) is 0 Å². The minimum absolute atomic E-state index is 0.537. The van der Waals surface area contributed by atoms with Gasteiger partial charge < -0.3 is 9.47 Å². The summed E-state index contributed by atoms with van der Waals surface area (Å²) in [5.41, 5.74) is 0. The molecule has 2 nitrogen and oxygen atoms in total. The summed E-state index contributed by atoms with van der Waals surface area (Å²) in [5, 5.41) is -0.874. The highest BCUT2D eigenvalue weighted by Gasteiger charge is 2.05. The molecule has 0 aliphatic rings. The molecule has 66 valence electrons. The Balaban J connectivity index is 2.82. The van der Waals surface area contributed by atoms with Crippen LogP contribution in [0.15, 0.2) is 24.3 Å². The number of halogens is 2. The smallest absolute Gasteiger partial charge is 0.248 e. The molecule has 12 heavy (non-hydrogen) atoms. The van der Waals surface area contributed by atoms with Gasteiger partial charge >= 0.3 is 0 Å². The summed E-state index contributed by atoms with van der Waals surface area (Å²) in [6.07, 6.45) is 0. The predicted octanol–water partition coefficient (Wildman–Crippen LogP) is 2.84. The molecule has 0 aliphatic heterocycles. The lowest BCUT2D eigenvalue weighted by Crippen LogP contribution is -2.00. The standard InChI is InChI=1S/C8H8Cl2O2/c1-11-6-4-2-3-5-7(6)12-8(9)10/h2-5,8H,1H3. The summed E-state index contributed by atoms with van der Waals surface area (Å²) in [6.45, 7) is 0. The predicted molar refractivity (Wildman–Crippen MR) is 49.1 cm³/mol. The Labute approximate surface area is 81.0 Å². The lowest BCUT2D eigenvalue weighted by molar-refractivity contribution is 0.320. The van der Waals surface area contributed by atoms with Gasteiger partial charge in [-0.05, 0) is 12.1 Å². The summed E-state index contributed by atoms with van der Waals surface area (Å²) < 4.78 is 10.0. The van der Waals surface area contributed by atoms with Crippen LogP contribution in [0.4, 0.5) is 0 Å².